The Bertz CT molecular complexity index is 859. The predicted molar refractivity (Wildman–Crippen MR) is 113 cm³/mol. The molecule has 0 saturated heterocycles. The van der Waals surface area contributed by atoms with E-state index >= 15 is 0 Å². The van der Waals surface area contributed by atoms with E-state index in [1.807, 2.05) is 0 Å². The molecule has 0 unspecified atom stereocenters. The molecule has 0 aliphatic carbocycles. The molecule has 7 nitrogen and oxygen atoms in total. The monoisotopic (exact) mass is 438 g/mol. The maximum atomic E-state index is 12.8. The number of rotatable bonds is 8. The van der Waals surface area contributed by atoms with Gasteiger partial charge in [-0.15, -0.1) is 0 Å². The minimum atomic E-state index is -1.22. The number of amides is 2. The summed E-state index contributed by atoms with van der Waals surface area (Å²) in [6, 6.07) is 7.46. The van der Waals surface area contributed by atoms with Gasteiger partial charge in [0.25, 0.3) is 0 Å². The van der Waals surface area contributed by atoms with Crippen molar-refractivity contribution in [1.29, 1.82) is 0 Å². The largest absolute Gasteiger partial charge is 0.384 e. The third-order valence-corrected chi connectivity index (χ3v) is 5.01. The van der Waals surface area contributed by atoms with Gasteiger partial charge in [-0.2, -0.15) is 0 Å². The molecule has 0 aliphatic rings. The van der Waals surface area contributed by atoms with Gasteiger partial charge in [0, 0.05) is 19.2 Å². The van der Waals surface area contributed by atoms with Gasteiger partial charge < -0.3 is 21.5 Å². The number of hydrogen-bond donors (Lipinski definition) is 4. The molecule has 0 radical (unpaired) electrons. The van der Waals surface area contributed by atoms with E-state index in [1.54, 1.807) is 50.4 Å². The highest BCUT2D eigenvalue weighted by atomic mass is 35.5. The van der Waals surface area contributed by atoms with E-state index in [4.69, 9.17) is 28.9 Å². The van der Waals surface area contributed by atoms with Gasteiger partial charge in [-0.3, -0.25) is 9.59 Å². The second-order valence-electron chi connectivity index (χ2n) is 7.01. The van der Waals surface area contributed by atoms with Crippen molar-refractivity contribution >= 4 is 40.8 Å². The van der Waals surface area contributed by atoms with Gasteiger partial charge in [-0.25, -0.2) is 4.98 Å². The Kier molecular flexibility index (Phi) is 8.25. The van der Waals surface area contributed by atoms with Gasteiger partial charge >= 0.3 is 0 Å². The van der Waals surface area contributed by atoms with Crippen LogP contribution in [0.5, 0.6) is 0 Å². The van der Waals surface area contributed by atoms with E-state index < -0.39 is 24.0 Å². The lowest BCUT2D eigenvalue weighted by molar-refractivity contribution is -0.135. The summed E-state index contributed by atoms with van der Waals surface area (Å²) in [7, 11) is 0. The molecule has 0 bridgehead atoms. The average Bonchev–Trinajstić information content (AvgIpc) is 2.68. The van der Waals surface area contributed by atoms with Crippen LogP contribution in [0.4, 0.5) is 5.82 Å². The number of benzene rings is 1. The molecule has 156 valence electrons. The summed E-state index contributed by atoms with van der Waals surface area (Å²) in [5.41, 5.74) is 7.03. The number of carbonyl (C=O) groups is 2. The number of aliphatic hydroxyl groups excluding tert-OH is 1. The molecule has 0 saturated carbocycles. The zero-order chi connectivity index (χ0) is 21.6. The lowest BCUT2D eigenvalue weighted by Gasteiger charge is -2.22. The summed E-state index contributed by atoms with van der Waals surface area (Å²) in [5.74, 6) is -0.927. The lowest BCUT2D eigenvalue weighted by Crippen LogP contribution is -2.51. The van der Waals surface area contributed by atoms with Gasteiger partial charge in [0.1, 0.15) is 18.0 Å². The number of anilines is 1. The van der Waals surface area contributed by atoms with E-state index in [-0.39, 0.29) is 18.9 Å². The number of pyridine rings is 1. The number of nitrogen functional groups attached to an aromatic ring is 1. The molecule has 5 N–H and O–H groups in total. The summed E-state index contributed by atoms with van der Waals surface area (Å²) in [5, 5.41) is 16.1. The van der Waals surface area contributed by atoms with E-state index in [0.717, 1.165) is 5.56 Å². The zero-order valence-corrected chi connectivity index (χ0v) is 17.7. The molecule has 2 amide bonds. The summed E-state index contributed by atoms with van der Waals surface area (Å²) in [6.07, 6.45) is 0.518. The van der Waals surface area contributed by atoms with Crippen LogP contribution < -0.4 is 16.4 Å². The fourth-order valence-electron chi connectivity index (χ4n) is 2.52. The third kappa shape index (κ3) is 6.88. The molecule has 0 aliphatic heterocycles. The first kappa shape index (κ1) is 22.9. The fraction of sp³-hybridized carbons (Fsp3) is 0.350. The first-order valence-electron chi connectivity index (χ1n) is 9.08. The number of aliphatic hydroxyl groups is 1. The van der Waals surface area contributed by atoms with Crippen LogP contribution in [0.3, 0.4) is 0 Å². The van der Waals surface area contributed by atoms with E-state index in [2.05, 4.69) is 15.6 Å². The van der Waals surface area contributed by atoms with Crippen molar-refractivity contribution in [3.63, 3.8) is 0 Å². The van der Waals surface area contributed by atoms with Gasteiger partial charge in [0.05, 0.1) is 10.0 Å². The van der Waals surface area contributed by atoms with E-state index in [9.17, 15) is 14.7 Å². The van der Waals surface area contributed by atoms with Crippen molar-refractivity contribution in [2.75, 3.05) is 5.73 Å². The van der Waals surface area contributed by atoms with Crippen molar-refractivity contribution < 1.29 is 14.7 Å². The molecular weight excluding hydrogens is 415 g/mol. The Morgan fingerprint density at radius 3 is 2.38 bits per heavy atom. The summed E-state index contributed by atoms with van der Waals surface area (Å²) < 4.78 is 0. The first-order chi connectivity index (χ1) is 13.7. The zero-order valence-electron chi connectivity index (χ0n) is 16.2. The van der Waals surface area contributed by atoms with Gasteiger partial charge in [0.2, 0.25) is 11.8 Å². The summed E-state index contributed by atoms with van der Waals surface area (Å²) in [6.45, 7) is 3.64. The highest BCUT2D eigenvalue weighted by molar-refractivity contribution is 6.42. The van der Waals surface area contributed by atoms with Gasteiger partial charge in [-0.1, -0.05) is 49.2 Å². The SMILES string of the molecule is CC(C)[C@@H](O)C(=O)N[C@@H](Cc1ccc(Cl)c(Cl)c1)C(=O)NCc1ccc(N)nc1. The third-order valence-electron chi connectivity index (χ3n) is 4.27. The Balaban J connectivity index is 2.13. The maximum Gasteiger partial charge on any atom is 0.249 e. The number of nitrogens with one attached hydrogen (secondary N) is 2. The number of carbonyl (C=O) groups excluding carboxylic acids is 2. The second kappa shape index (κ2) is 10.4. The molecule has 0 fully saturated rings. The molecule has 2 rings (SSSR count). The second-order valence-corrected chi connectivity index (χ2v) is 7.83. The normalized spacial score (nSPS) is 13.0. The molecule has 29 heavy (non-hydrogen) atoms. The van der Waals surface area contributed by atoms with Crippen LogP contribution in [0.1, 0.15) is 25.0 Å². The minimum absolute atomic E-state index is 0.180. The number of aromatic nitrogens is 1. The van der Waals surface area contributed by atoms with Crippen molar-refractivity contribution in [1.82, 2.24) is 15.6 Å². The van der Waals surface area contributed by atoms with E-state index in [0.29, 0.717) is 21.4 Å². The van der Waals surface area contributed by atoms with Crippen molar-refractivity contribution in [3.05, 3.63) is 57.7 Å². The first-order valence-corrected chi connectivity index (χ1v) is 9.83. The minimum Gasteiger partial charge on any atom is -0.384 e. The fourth-order valence-corrected chi connectivity index (χ4v) is 2.85. The van der Waals surface area contributed by atoms with Crippen LogP contribution in [0.25, 0.3) is 0 Å². The molecule has 1 aromatic heterocycles. The predicted octanol–water partition coefficient (Wildman–Crippen LogP) is 2.33. The highest BCUT2D eigenvalue weighted by Crippen LogP contribution is 2.23. The Labute approximate surface area is 179 Å². The molecule has 0 spiro atoms. The molecule has 1 aromatic carbocycles. The van der Waals surface area contributed by atoms with Crippen molar-refractivity contribution in [2.24, 2.45) is 5.92 Å². The Morgan fingerprint density at radius 1 is 1.10 bits per heavy atom. The summed E-state index contributed by atoms with van der Waals surface area (Å²) >= 11 is 12.0. The number of nitrogens with two attached hydrogens (primary N) is 1. The molecule has 2 atom stereocenters. The number of nitrogens with zero attached hydrogens (tertiary/aromatic N) is 1. The van der Waals surface area contributed by atoms with E-state index in [1.165, 1.54) is 0 Å². The van der Waals surface area contributed by atoms with Crippen LogP contribution in [0.2, 0.25) is 10.0 Å². The van der Waals surface area contributed by atoms with Crippen LogP contribution >= 0.6 is 23.2 Å². The van der Waals surface area contributed by atoms with Crippen LogP contribution in [-0.4, -0.2) is 34.1 Å². The molecule has 1 heterocycles. The van der Waals surface area contributed by atoms with Crippen molar-refractivity contribution in [2.45, 2.75) is 39.0 Å². The topological polar surface area (TPSA) is 117 Å². The van der Waals surface area contributed by atoms with Crippen LogP contribution in [-0.2, 0) is 22.6 Å². The smallest absolute Gasteiger partial charge is 0.249 e. The Morgan fingerprint density at radius 2 is 1.79 bits per heavy atom. The maximum absolute atomic E-state index is 12.8. The van der Waals surface area contributed by atoms with Gasteiger partial charge in [-0.05, 0) is 35.2 Å². The standard InChI is InChI=1S/C20H24Cl2N4O3/c1-11(2)18(27)20(29)26-16(8-12-3-5-14(21)15(22)7-12)19(28)25-10-13-4-6-17(23)24-9-13/h3-7,9,11,16,18,27H,8,10H2,1-2H3,(H2,23,24)(H,25,28)(H,26,29)/t16-,18+/m0/s1. The lowest BCUT2D eigenvalue weighted by atomic mass is 10.0. The highest BCUT2D eigenvalue weighted by Gasteiger charge is 2.26. The number of halogens is 2. The van der Waals surface area contributed by atoms with Crippen molar-refractivity contribution in [3.8, 4) is 0 Å². The summed E-state index contributed by atoms with van der Waals surface area (Å²) in [4.78, 5) is 29.0. The van der Waals surface area contributed by atoms with Crippen LogP contribution in [0, 0.1) is 5.92 Å². The Hall–Kier alpha value is -2.35. The molecule has 2 aromatic rings. The molecule has 9 heteroatoms. The molecular formula is C20H24Cl2N4O3. The average molecular weight is 439 g/mol. The quantitative estimate of drug-likeness (QED) is 0.504. The van der Waals surface area contributed by atoms with Gasteiger partial charge in [0.15, 0.2) is 0 Å². The van der Waals surface area contributed by atoms with Crippen LogP contribution in [0.15, 0.2) is 36.5 Å². The number of hydrogen-bond acceptors (Lipinski definition) is 5.